The van der Waals surface area contributed by atoms with Crippen LogP contribution in [0.2, 0.25) is 5.02 Å². The lowest BCUT2D eigenvalue weighted by molar-refractivity contribution is -0.119. The summed E-state index contributed by atoms with van der Waals surface area (Å²) in [4.78, 5) is 22.5. The van der Waals surface area contributed by atoms with Gasteiger partial charge in [0.25, 0.3) is 5.91 Å². The third-order valence-corrected chi connectivity index (χ3v) is 2.56. The lowest BCUT2D eigenvalue weighted by Crippen LogP contribution is -2.21. The molecule has 9 nitrogen and oxygen atoms in total. The lowest BCUT2D eigenvalue weighted by atomic mass is 10.1. The number of hydrogen-bond acceptors (Lipinski definition) is 7. The number of amides is 1. The highest BCUT2D eigenvalue weighted by Gasteiger charge is 2.14. The Morgan fingerprint density at radius 3 is 2.90 bits per heavy atom. The Hall–Kier alpha value is -2.68. The molecule has 0 atom stereocenters. The van der Waals surface area contributed by atoms with Gasteiger partial charge in [-0.05, 0) is 23.4 Å². The van der Waals surface area contributed by atoms with Gasteiger partial charge < -0.3 is 14.8 Å². The number of hydrogen-bond donors (Lipinski definition) is 2. The molecule has 0 aliphatic carbocycles. The SMILES string of the molecule is COC(=O)OCC(=O)Nc1cc(Cl)ccc1-c1nn[nH]n1. The van der Waals surface area contributed by atoms with E-state index in [1.54, 1.807) is 12.1 Å². The molecule has 110 valence electrons. The number of ether oxygens (including phenoxy) is 2. The first-order valence-corrected chi connectivity index (χ1v) is 6.02. The molecule has 21 heavy (non-hydrogen) atoms. The van der Waals surface area contributed by atoms with E-state index in [1.807, 2.05) is 0 Å². The van der Waals surface area contributed by atoms with Crippen molar-refractivity contribution in [1.29, 1.82) is 0 Å². The molecule has 2 rings (SSSR count). The predicted octanol–water partition coefficient (Wildman–Crippen LogP) is 1.24. The zero-order valence-electron chi connectivity index (χ0n) is 10.8. The number of carbonyl (C=O) groups is 2. The number of aromatic amines is 1. The Labute approximate surface area is 123 Å². The van der Waals surface area contributed by atoms with E-state index in [2.05, 4.69) is 35.4 Å². The van der Waals surface area contributed by atoms with Crippen molar-refractivity contribution in [3.8, 4) is 11.4 Å². The van der Waals surface area contributed by atoms with E-state index in [-0.39, 0.29) is 5.82 Å². The van der Waals surface area contributed by atoms with Gasteiger partial charge in [0.2, 0.25) is 5.82 Å². The molecule has 0 aliphatic rings. The number of rotatable bonds is 4. The molecule has 0 saturated carbocycles. The molecule has 2 aromatic rings. The van der Waals surface area contributed by atoms with Crippen LogP contribution in [-0.4, -0.2) is 46.4 Å². The summed E-state index contributed by atoms with van der Waals surface area (Å²) in [5.41, 5.74) is 0.877. The molecule has 0 saturated heterocycles. The van der Waals surface area contributed by atoms with Crippen LogP contribution in [0.25, 0.3) is 11.4 Å². The van der Waals surface area contributed by atoms with Crippen LogP contribution in [0.4, 0.5) is 10.5 Å². The number of nitrogens with zero attached hydrogens (tertiary/aromatic N) is 3. The first kappa shape index (κ1) is 14.7. The number of nitrogens with one attached hydrogen (secondary N) is 2. The summed E-state index contributed by atoms with van der Waals surface area (Å²) in [6, 6.07) is 4.76. The fraction of sp³-hybridized carbons (Fsp3) is 0.182. The molecule has 1 aromatic carbocycles. The van der Waals surface area contributed by atoms with Crippen LogP contribution in [0.15, 0.2) is 18.2 Å². The number of H-pyrrole nitrogens is 1. The quantitative estimate of drug-likeness (QED) is 0.815. The molecule has 0 bridgehead atoms. The molecule has 1 aromatic heterocycles. The van der Waals surface area contributed by atoms with Crippen molar-refractivity contribution in [2.45, 2.75) is 0 Å². The number of anilines is 1. The Balaban J connectivity index is 2.14. The Kier molecular flexibility index (Phi) is 4.67. The van der Waals surface area contributed by atoms with Gasteiger partial charge in [-0.15, -0.1) is 10.2 Å². The van der Waals surface area contributed by atoms with Crippen LogP contribution in [0.5, 0.6) is 0 Å². The van der Waals surface area contributed by atoms with E-state index in [0.717, 1.165) is 7.11 Å². The molecule has 10 heteroatoms. The van der Waals surface area contributed by atoms with E-state index in [9.17, 15) is 9.59 Å². The van der Waals surface area contributed by atoms with Gasteiger partial charge in [-0.2, -0.15) is 5.21 Å². The minimum Gasteiger partial charge on any atom is -0.438 e. The molecule has 0 spiro atoms. The van der Waals surface area contributed by atoms with Crippen LogP contribution < -0.4 is 5.32 Å². The zero-order chi connectivity index (χ0) is 15.2. The summed E-state index contributed by atoms with van der Waals surface area (Å²) < 4.78 is 8.79. The van der Waals surface area contributed by atoms with Crippen LogP contribution in [0.3, 0.4) is 0 Å². The monoisotopic (exact) mass is 311 g/mol. The average molecular weight is 312 g/mol. The van der Waals surface area contributed by atoms with Crippen molar-refractivity contribution >= 4 is 29.4 Å². The van der Waals surface area contributed by atoms with Crippen LogP contribution in [-0.2, 0) is 14.3 Å². The maximum Gasteiger partial charge on any atom is 0.508 e. The molecule has 2 N–H and O–H groups in total. The van der Waals surface area contributed by atoms with Crippen molar-refractivity contribution in [2.24, 2.45) is 0 Å². The van der Waals surface area contributed by atoms with Crippen molar-refractivity contribution in [1.82, 2.24) is 20.6 Å². The largest absolute Gasteiger partial charge is 0.508 e. The van der Waals surface area contributed by atoms with Crippen molar-refractivity contribution in [2.75, 3.05) is 19.0 Å². The number of halogens is 1. The Morgan fingerprint density at radius 2 is 2.24 bits per heavy atom. The van der Waals surface area contributed by atoms with Gasteiger partial charge in [0.05, 0.1) is 12.8 Å². The molecular formula is C11H10ClN5O4. The van der Waals surface area contributed by atoms with Crippen molar-refractivity contribution in [3.63, 3.8) is 0 Å². The second-order valence-corrected chi connectivity index (χ2v) is 4.15. The zero-order valence-corrected chi connectivity index (χ0v) is 11.5. The van der Waals surface area contributed by atoms with Gasteiger partial charge >= 0.3 is 6.16 Å². The van der Waals surface area contributed by atoms with Gasteiger partial charge in [0.1, 0.15) is 0 Å². The molecule has 0 aliphatic heterocycles. The average Bonchev–Trinajstić information content (AvgIpc) is 2.99. The maximum absolute atomic E-state index is 11.7. The van der Waals surface area contributed by atoms with E-state index in [1.165, 1.54) is 6.07 Å². The second-order valence-electron chi connectivity index (χ2n) is 3.72. The molecule has 0 fully saturated rings. The molecule has 0 radical (unpaired) electrons. The minimum atomic E-state index is -0.949. The molecule has 0 unspecified atom stereocenters. The number of carbonyl (C=O) groups excluding carboxylic acids is 2. The molecule has 1 heterocycles. The molecular weight excluding hydrogens is 302 g/mol. The van der Waals surface area contributed by atoms with Crippen LogP contribution >= 0.6 is 11.6 Å². The van der Waals surface area contributed by atoms with E-state index < -0.39 is 18.7 Å². The topological polar surface area (TPSA) is 119 Å². The summed E-state index contributed by atoms with van der Waals surface area (Å²) in [6.45, 7) is -0.495. The molecule has 1 amide bonds. The fourth-order valence-electron chi connectivity index (χ4n) is 1.46. The van der Waals surface area contributed by atoms with Gasteiger partial charge in [-0.1, -0.05) is 11.6 Å². The van der Waals surface area contributed by atoms with Gasteiger partial charge in [-0.25, -0.2) is 4.79 Å². The maximum atomic E-state index is 11.7. The highest BCUT2D eigenvalue weighted by Crippen LogP contribution is 2.27. The third-order valence-electron chi connectivity index (χ3n) is 2.33. The Morgan fingerprint density at radius 1 is 1.43 bits per heavy atom. The highest BCUT2D eigenvalue weighted by atomic mass is 35.5. The van der Waals surface area contributed by atoms with Crippen LogP contribution in [0.1, 0.15) is 0 Å². The van der Waals surface area contributed by atoms with E-state index >= 15 is 0 Å². The van der Waals surface area contributed by atoms with E-state index in [0.29, 0.717) is 16.3 Å². The van der Waals surface area contributed by atoms with Crippen LogP contribution in [0, 0.1) is 0 Å². The number of aromatic nitrogens is 4. The number of tetrazole rings is 1. The normalized spacial score (nSPS) is 10.0. The fourth-order valence-corrected chi connectivity index (χ4v) is 1.63. The Bertz CT molecular complexity index is 646. The standard InChI is InChI=1S/C11H10ClN5O4/c1-20-11(19)21-5-9(18)13-8-4-6(12)2-3-7(8)10-14-16-17-15-10/h2-4H,5H2,1H3,(H,13,18)(H,14,15,16,17). The first-order valence-electron chi connectivity index (χ1n) is 5.64. The summed E-state index contributed by atoms with van der Waals surface area (Å²) in [7, 11) is 1.14. The van der Waals surface area contributed by atoms with Gasteiger partial charge in [-0.3, -0.25) is 4.79 Å². The highest BCUT2D eigenvalue weighted by molar-refractivity contribution is 6.31. The predicted molar refractivity (Wildman–Crippen MR) is 71.6 cm³/mol. The lowest BCUT2D eigenvalue weighted by Gasteiger charge is -2.09. The number of methoxy groups -OCH3 is 1. The summed E-state index contributed by atoms with van der Waals surface area (Å²) in [5.74, 6) is -0.275. The smallest absolute Gasteiger partial charge is 0.438 e. The number of benzene rings is 1. The van der Waals surface area contributed by atoms with Gasteiger partial charge in [0.15, 0.2) is 6.61 Å². The minimum absolute atomic E-state index is 0.288. The summed E-state index contributed by atoms with van der Waals surface area (Å²) in [5, 5.41) is 16.4. The summed E-state index contributed by atoms with van der Waals surface area (Å²) >= 11 is 5.89. The third kappa shape index (κ3) is 3.89. The van der Waals surface area contributed by atoms with Crippen molar-refractivity contribution < 1.29 is 19.1 Å². The van der Waals surface area contributed by atoms with E-state index in [4.69, 9.17) is 11.6 Å². The van der Waals surface area contributed by atoms with Gasteiger partial charge in [0, 0.05) is 10.6 Å². The summed E-state index contributed by atoms with van der Waals surface area (Å²) in [6.07, 6.45) is -0.949. The van der Waals surface area contributed by atoms with Crippen molar-refractivity contribution in [3.05, 3.63) is 23.2 Å². The first-order chi connectivity index (χ1) is 10.1. The second kappa shape index (κ2) is 6.66.